The number of nitrogens with one attached hydrogen (secondary N) is 1. The molecule has 0 fully saturated rings. The molecule has 2 rings (SSSR count). The topological polar surface area (TPSA) is 75.7 Å². The van der Waals surface area contributed by atoms with Crippen molar-refractivity contribution >= 4 is 21.6 Å². The predicted molar refractivity (Wildman–Crippen MR) is 90.3 cm³/mol. The van der Waals surface area contributed by atoms with Crippen LogP contribution in [0.15, 0.2) is 18.2 Å². The summed E-state index contributed by atoms with van der Waals surface area (Å²) in [6, 6.07) is 5.60. The Kier molecular flexibility index (Phi) is 5.64. The fourth-order valence-corrected chi connectivity index (χ4v) is 3.70. The highest BCUT2D eigenvalue weighted by molar-refractivity contribution is 7.89. The number of hydrogen-bond acceptors (Lipinski definition) is 4. The first-order valence-electron chi connectivity index (χ1n) is 7.88. The highest BCUT2D eigenvalue weighted by Gasteiger charge is 2.28. The number of benzene rings is 1. The molecule has 23 heavy (non-hydrogen) atoms. The summed E-state index contributed by atoms with van der Waals surface area (Å²) in [6.07, 6.45) is 1.60. The fraction of sp³-hybridized carbons (Fsp3) is 0.562. The first-order chi connectivity index (χ1) is 10.8. The Bertz CT molecular complexity index is 673. The van der Waals surface area contributed by atoms with Crippen molar-refractivity contribution in [1.29, 1.82) is 0 Å². The van der Waals surface area contributed by atoms with Crippen LogP contribution in [0.5, 0.6) is 5.75 Å². The van der Waals surface area contributed by atoms with Crippen LogP contribution >= 0.6 is 0 Å². The van der Waals surface area contributed by atoms with Crippen LogP contribution in [0.3, 0.4) is 0 Å². The van der Waals surface area contributed by atoms with Gasteiger partial charge in [0.2, 0.25) is 10.0 Å². The number of anilines is 1. The van der Waals surface area contributed by atoms with Crippen molar-refractivity contribution in [3.05, 3.63) is 23.8 Å². The third-order valence-electron chi connectivity index (χ3n) is 3.87. The zero-order valence-corrected chi connectivity index (χ0v) is 14.6. The van der Waals surface area contributed by atoms with Gasteiger partial charge in [0.15, 0.2) is 6.10 Å². The highest BCUT2D eigenvalue weighted by atomic mass is 32.2. The molecule has 1 amide bonds. The molecule has 0 saturated heterocycles. The summed E-state index contributed by atoms with van der Waals surface area (Å²) >= 11 is 0. The number of sulfonamides is 1. The maximum Gasteiger partial charge on any atom is 0.267 e. The summed E-state index contributed by atoms with van der Waals surface area (Å²) in [4.78, 5) is 13.5. The molecular weight excluding hydrogens is 316 g/mol. The normalized spacial score (nSPS) is 17.8. The number of ether oxygens (including phenoxy) is 1. The molecule has 1 unspecified atom stereocenters. The number of nitrogens with zero attached hydrogens (tertiary/aromatic N) is 1. The van der Waals surface area contributed by atoms with E-state index in [9.17, 15) is 13.2 Å². The van der Waals surface area contributed by atoms with Crippen molar-refractivity contribution in [3.63, 3.8) is 0 Å². The quantitative estimate of drug-likeness (QED) is 0.819. The molecule has 1 heterocycles. The molecule has 0 saturated carbocycles. The molecule has 7 heteroatoms. The third-order valence-corrected chi connectivity index (χ3v) is 5.34. The first-order valence-corrected chi connectivity index (χ1v) is 9.54. The molecule has 1 aliphatic rings. The van der Waals surface area contributed by atoms with Crippen LogP contribution in [-0.4, -0.2) is 39.8 Å². The second-order valence-electron chi connectivity index (χ2n) is 5.78. The van der Waals surface area contributed by atoms with Gasteiger partial charge >= 0.3 is 0 Å². The Morgan fingerprint density at radius 2 is 2.09 bits per heavy atom. The number of carbonyl (C=O) groups excluding carboxylic acids is 1. The summed E-state index contributed by atoms with van der Waals surface area (Å²) in [5.74, 6) is 0.748. The number of likely N-dealkylation sites (N-methyl/N-ethyl adjacent to an activating group) is 1. The lowest BCUT2D eigenvalue weighted by molar-refractivity contribution is -0.125. The van der Waals surface area contributed by atoms with Crippen molar-refractivity contribution in [2.24, 2.45) is 0 Å². The molecule has 1 N–H and O–H groups in total. The Morgan fingerprint density at radius 3 is 2.78 bits per heavy atom. The van der Waals surface area contributed by atoms with E-state index in [-0.39, 0.29) is 11.7 Å². The van der Waals surface area contributed by atoms with Gasteiger partial charge in [0, 0.05) is 13.6 Å². The maximum absolute atomic E-state index is 12.0. The van der Waals surface area contributed by atoms with Crippen LogP contribution in [0.4, 0.5) is 5.69 Å². The maximum atomic E-state index is 12.0. The molecule has 0 radical (unpaired) electrons. The standard InChI is InChI=1S/C16H24N2O4S/c1-4-5-10-23(20,21)17-9-8-13-6-7-15-14(11-13)18(3)16(19)12(2)22-15/h6-7,11-12,17H,4-5,8-10H2,1-3H3. The van der Waals surface area contributed by atoms with E-state index in [0.29, 0.717) is 25.1 Å². The Hall–Kier alpha value is -1.60. The Morgan fingerprint density at radius 1 is 1.35 bits per heavy atom. The van der Waals surface area contributed by atoms with Gasteiger partial charge in [-0.15, -0.1) is 0 Å². The van der Waals surface area contributed by atoms with Crippen LogP contribution in [0, 0.1) is 0 Å². The number of hydrogen-bond donors (Lipinski definition) is 1. The fourth-order valence-electron chi connectivity index (χ4n) is 2.47. The van der Waals surface area contributed by atoms with Crippen LogP contribution in [0.2, 0.25) is 0 Å². The van der Waals surface area contributed by atoms with E-state index in [1.54, 1.807) is 18.9 Å². The molecular formula is C16H24N2O4S. The summed E-state index contributed by atoms with van der Waals surface area (Å²) in [5.41, 5.74) is 1.68. The molecule has 1 aliphatic heterocycles. The van der Waals surface area contributed by atoms with Crippen LogP contribution in [0.25, 0.3) is 0 Å². The Balaban J connectivity index is 1.99. The number of carbonyl (C=O) groups is 1. The second kappa shape index (κ2) is 7.31. The number of fused-ring (bicyclic) bond motifs is 1. The van der Waals surface area contributed by atoms with Crippen molar-refractivity contribution in [2.45, 2.75) is 39.2 Å². The van der Waals surface area contributed by atoms with E-state index >= 15 is 0 Å². The van der Waals surface area contributed by atoms with Crippen molar-refractivity contribution in [2.75, 3.05) is 24.2 Å². The number of amides is 1. The Labute approximate surface area is 137 Å². The summed E-state index contributed by atoms with van der Waals surface area (Å²) in [7, 11) is -1.48. The summed E-state index contributed by atoms with van der Waals surface area (Å²) < 4.78 is 31.7. The molecule has 1 aromatic carbocycles. The molecule has 128 valence electrons. The van der Waals surface area contributed by atoms with E-state index in [1.807, 2.05) is 25.1 Å². The highest BCUT2D eigenvalue weighted by Crippen LogP contribution is 2.33. The summed E-state index contributed by atoms with van der Waals surface area (Å²) in [6.45, 7) is 4.03. The molecule has 1 aromatic rings. The van der Waals surface area contributed by atoms with Crippen molar-refractivity contribution < 1.29 is 17.9 Å². The van der Waals surface area contributed by atoms with Gasteiger partial charge in [-0.05, 0) is 37.5 Å². The van der Waals surface area contributed by atoms with E-state index < -0.39 is 16.1 Å². The lowest BCUT2D eigenvalue weighted by atomic mass is 10.1. The van der Waals surface area contributed by atoms with Gasteiger partial charge in [0.1, 0.15) is 5.75 Å². The van der Waals surface area contributed by atoms with Crippen LogP contribution < -0.4 is 14.4 Å². The number of rotatable bonds is 7. The van der Waals surface area contributed by atoms with Gasteiger partial charge in [-0.3, -0.25) is 4.79 Å². The zero-order chi connectivity index (χ0) is 17.0. The first kappa shape index (κ1) is 17.7. The monoisotopic (exact) mass is 340 g/mol. The molecule has 1 atom stereocenters. The largest absolute Gasteiger partial charge is 0.479 e. The van der Waals surface area contributed by atoms with Crippen LogP contribution in [0.1, 0.15) is 32.3 Å². The average Bonchev–Trinajstić information content (AvgIpc) is 2.51. The minimum absolute atomic E-state index is 0.0880. The van der Waals surface area contributed by atoms with Gasteiger partial charge in [-0.2, -0.15) is 0 Å². The second-order valence-corrected chi connectivity index (χ2v) is 7.70. The lowest BCUT2D eigenvalue weighted by Crippen LogP contribution is -2.42. The minimum Gasteiger partial charge on any atom is -0.479 e. The molecule has 0 bridgehead atoms. The molecule has 0 aliphatic carbocycles. The predicted octanol–water partition coefficient (Wildman–Crippen LogP) is 1.69. The van der Waals surface area contributed by atoms with Crippen molar-refractivity contribution in [1.82, 2.24) is 4.72 Å². The third kappa shape index (κ3) is 4.45. The molecule has 0 aromatic heterocycles. The smallest absolute Gasteiger partial charge is 0.267 e. The minimum atomic E-state index is -3.20. The van der Waals surface area contributed by atoms with Crippen LogP contribution in [-0.2, 0) is 21.2 Å². The molecule has 0 spiro atoms. The lowest BCUT2D eigenvalue weighted by Gasteiger charge is -2.30. The van der Waals surface area contributed by atoms with Gasteiger partial charge in [0.05, 0.1) is 11.4 Å². The SMILES string of the molecule is CCCCS(=O)(=O)NCCc1ccc2c(c1)N(C)C(=O)C(C)O2. The number of unbranched alkanes of at least 4 members (excludes halogenated alkanes) is 1. The zero-order valence-electron chi connectivity index (χ0n) is 13.8. The van der Waals surface area contributed by atoms with Gasteiger partial charge in [-0.1, -0.05) is 19.4 Å². The van der Waals surface area contributed by atoms with E-state index in [1.165, 1.54) is 0 Å². The van der Waals surface area contributed by atoms with Gasteiger partial charge in [-0.25, -0.2) is 13.1 Å². The van der Waals surface area contributed by atoms with Gasteiger partial charge in [0.25, 0.3) is 5.91 Å². The van der Waals surface area contributed by atoms with E-state index in [2.05, 4.69) is 4.72 Å². The summed E-state index contributed by atoms with van der Waals surface area (Å²) in [5, 5.41) is 0. The van der Waals surface area contributed by atoms with Crippen molar-refractivity contribution in [3.8, 4) is 5.75 Å². The molecule has 6 nitrogen and oxygen atoms in total. The van der Waals surface area contributed by atoms with Gasteiger partial charge < -0.3 is 9.64 Å². The van der Waals surface area contributed by atoms with E-state index in [4.69, 9.17) is 4.74 Å². The van der Waals surface area contributed by atoms with E-state index in [0.717, 1.165) is 17.7 Å². The average molecular weight is 340 g/mol.